The molecule has 4 aliphatic heterocycles. The van der Waals surface area contributed by atoms with E-state index < -0.39 is 11.6 Å². The predicted octanol–water partition coefficient (Wildman–Crippen LogP) is 2.42. The van der Waals surface area contributed by atoms with Gasteiger partial charge in [-0.25, -0.2) is 9.97 Å². The Morgan fingerprint density at radius 1 is 0.573 bits per heavy atom. The van der Waals surface area contributed by atoms with E-state index in [2.05, 4.69) is 19.8 Å². The Hall–Kier alpha value is -4.36. The number of halogens is 6. The molecule has 4 aromatic carbocycles. The second kappa shape index (κ2) is 27.3. The Morgan fingerprint density at radius 2 is 0.947 bits per heavy atom. The van der Waals surface area contributed by atoms with Crippen LogP contribution in [0.5, 0.6) is 11.5 Å². The first-order valence-corrected chi connectivity index (χ1v) is 25.3. The number of hydrogen-bond donors (Lipinski definition) is 0. The molecular weight excluding hydrogens is 1180 g/mol. The SMILES string of the molecule is CC(=O)N1CCN(c2ccc(OCC3CO[C@](Cn4ccnc4)(c4ccc(Cl)cc4Cl)O3)cc2)CC1.CC(=O)N1CCN(c2ccc(OCC3CO[C@](Cn4ccnc4)(c4ccc(Cl)cc4Cl)O3)cc2)CC1.[Cl-].[Cl-].[Ru+2]. The summed E-state index contributed by atoms with van der Waals surface area (Å²) >= 11 is 25.3. The minimum Gasteiger partial charge on any atom is -1.00 e. The topological polar surface area (TPSA) is 138 Å². The van der Waals surface area contributed by atoms with Crippen molar-refractivity contribution in [3.63, 3.8) is 0 Å². The molecule has 4 aliphatic rings. The van der Waals surface area contributed by atoms with Gasteiger partial charge in [0, 0.05) is 124 Å². The number of piperazine rings is 2. The van der Waals surface area contributed by atoms with Crippen molar-refractivity contribution in [2.45, 2.75) is 50.7 Å². The molecule has 10 rings (SSSR count). The molecule has 2 amide bonds. The molecular formula is C52H56Cl6N8O8Ru. The molecule has 0 bridgehead atoms. The average molecular weight is 1230 g/mol. The summed E-state index contributed by atoms with van der Waals surface area (Å²) in [5.41, 5.74) is 3.64. The van der Waals surface area contributed by atoms with Gasteiger partial charge < -0.3 is 82.0 Å². The van der Waals surface area contributed by atoms with Crippen molar-refractivity contribution < 1.29 is 82.3 Å². The molecule has 23 heteroatoms. The van der Waals surface area contributed by atoms with E-state index in [1.807, 2.05) is 92.0 Å². The van der Waals surface area contributed by atoms with Crippen molar-refractivity contribution in [1.82, 2.24) is 28.9 Å². The van der Waals surface area contributed by atoms with E-state index in [4.69, 9.17) is 74.8 Å². The van der Waals surface area contributed by atoms with Gasteiger partial charge in [0.15, 0.2) is 0 Å². The third-order valence-electron chi connectivity index (χ3n) is 13.0. The molecule has 4 atom stereocenters. The molecule has 0 aliphatic carbocycles. The van der Waals surface area contributed by atoms with Gasteiger partial charge in [0.25, 0.3) is 0 Å². The maximum atomic E-state index is 11.6. The van der Waals surface area contributed by atoms with Crippen LogP contribution in [-0.2, 0) is 72.7 Å². The van der Waals surface area contributed by atoms with Crippen LogP contribution in [0.2, 0.25) is 20.1 Å². The Kier molecular flexibility index (Phi) is 21.8. The number of benzene rings is 4. The van der Waals surface area contributed by atoms with Gasteiger partial charge in [0.1, 0.15) is 36.9 Å². The van der Waals surface area contributed by atoms with E-state index in [1.54, 1.807) is 63.2 Å². The van der Waals surface area contributed by atoms with Gasteiger partial charge in [0.05, 0.1) is 49.0 Å². The molecule has 2 unspecified atom stereocenters. The molecule has 4 fully saturated rings. The van der Waals surface area contributed by atoms with E-state index >= 15 is 0 Å². The fourth-order valence-electron chi connectivity index (χ4n) is 9.19. The molecule has 6 aromatic rings. The van der Waals surface area contributed by atoms with Crippen molar-refractivity contribution in [2.75, 3.05) is 88.6 Å². The number of rotatable bonds is 14. The number of nitrogens with zero attached hydrogens (tertiary/aromatic N) is 8. The van der Waals surface area contributed by atoms with Crippen molar-refractivity contribution in [2.24, 2.45) is 0 Å². The molecule has 2 aromatic heterocycles. The number of ether oxygens (including phenoxy) is 6. The zero-order valence-corrected chi connectivity index (χ0v) is 47.3. The standard InChI is InChI=1S/2C26H28Cl2N4O4.2ClH.Ru/c2*1-19(33)31-10-12-32(13-11-31)21-3-5-22(6-4-21)34-15-23-16-35-26(36-23,17-30-9-8-29-18-30)24-7-2-20(27)14-25(24)28;;;/h2*2-9,14,18,23H,10-13,15-17H2,1H3;2*1H;/q;;;;+2/p-2/t2*23?,26-;;;/m00.../s1. The number of amides is 2. The second-order valence-corrected chi connectivity index (χ2v) is 19.6. The number of carbonyl (C=O) groups is 2. The summed E-state index contributed by atoms with van der Waals surface area (Å²) in [6.07, 6.45) is 9.96. The van der Waals surface area contributed by atoms with Gasteiger partial charge in [0.2, 0.25) is 23.4 Å². The third kappa shape index (κ3) is 15.0. The largest absolute Gasteiger partial charge is 2.00 e. The van der Waals surface area contributed by atoms with Crippen LogP contribution in [0.15, 0.2) is 122 Å². The van der Waals surface area contributed by atoms with Gasteiger partial charge in [-0.3, -0.25) is 9.59 Å². The van der Waals surface area contributed by atoms with Crippen molar-refractivity contribution in [1.29, 1.82) is 0 Å². The summed E-state index contributed by atoms with van der Waals surface area (Å²) in [7, 11) is 0. The monoisotopic (exact) mass is 1230 g/mol. The maximum Gasteiger partial charge on any atom is 2.00 e. The summed E-state index contributed by atoms with van der Waals surface area (Å²) in [4.78, 5) is 39.7. The summed E-state index contributed by atoms with van der Waals surface area (Å²) < 4.78 is 41.2. The van der Waals surface area contributed by atoms with Crippen molar-refractivity contribution in [3.8, 4) is 11.5 Å². The number of imidazole rings is 2. The normalized spacial score (nSPS) is 21.3. The van der Waals surface area contributed by atoms with Crippen LogP contribution >= 0.6 is 46.4 Å². The third-order valence-corrected chi connectivity index (χ3v) is 14.1. The van der Waals surface area contributed by atoms with Gasteiger partial charge >= 0.3 is 19.5 Å². The van der Waals surface area contributed by atoms with Crippen LogP contribution < -0.4 is 44.1 Å². The quantitative estimate of drug-likeness (QED) is 0.148. The maximum absolute atomic E-state index is 11.6. The minimum atomic E-state index is -1.08. The van der Waals surface area contributed by atoms with E-state index in [9.17, 15) is 9.59 Å². The zero-order chi connectivity index (χ0) is 50.2. The first-order valence-electron chi connectivity index (χ1n) is 23.8. The average Bonchev–Trinajstić information content (AvgIpc) is 4.24. The second-order valence-electron chi connectivity index (χ2n) is 17.9. The van der Waals surface area contributed by atoms with Gasteiger partial charge in [-0.2, -0.15) is 0 Å². The number of aromatic nitrogens is 4. The van der Waals surface area contributed by atoms with Crippen molar-refractivity contribution >= 4 is 69.6 Å². The van der Waals surface area contributed by atoms with E-state index in [-0.39, 0.29) is 68.3 Å². The zero-order valence-electron chi connectivity index (χ0n) is 41.1. The van der Waals surface area contributed by atoms with E-state index in [0.29, 0.717) is 70.7 Å². The molecule has 0 spiro atoms. The van der Waals surface area contributed by atoms with Crippen LogP contribution in [0.25, 0.3) is 0 Å². The summed E-state index contributed by atoms with van der Waals surface area (Å²) in [6.45, 7) is 11.6. The van der Waals surface area contributed by atoms with Crippen LogP contribution in [0.4, 0.5) is 11.4 Å². The number of carbonyl (C=O) groups excluding carboxylic acids is 2. The molecule has 6 heterocycles. The Balaban J connectivity index is 0.000000234. The van der Waals surface area contributed by atoms with Crippen LogP contribution in [0.1, 0.15) is 25.0 Å². The molecule has 0 N–H and O–H groups in total. The molecule has 0 radical (unpaired) electrons. The van der Waals surface area contributed by atoms with E-state index in [0.717, 1.165) is 75.2 Å². The summed E-state index contributed by atoms with van der Waals surface area (Å²) in [5.74, 6) is -0.402. The molecule has 75 heavy (non-hydrogen) atoms. The number of anilines is 2. The summed E-state index contributed by atoms with van der Waals surface area (Å²) in [5, 5.41) is 2.04. The number of hydrogen-bond acceptors (Lipinski definition) is 12. The summed E-state index contributed by atoms with van der Waals surface area (Å²) in [6, 6.07) is 26.6. The molecule has 0 saturated carbocycles. The first kappa shape index (κ1) is 59.9. The molecule has 16 nitrogen and oxygen atoms in total. The first-order chi connectivity index (χ1) is 34.8. The van der Waals surface area contributed by atoms with Gasteiger partial charge in [-0.1, -0.05) is 58.5 Å². The predicted molar refractivity (Wildman–Crippen MR) is 275 cm³/mol. The Morgan fingerprint density at radius 3 is 1.27 bits per heavy atom. The molecule has 4 saturated heterocycles. The van der Waals surface area contributed by atoms with Gasteiger partial charge in [-0.05, 0) is 72.8 Å². The van der Waals surface area contributed by atoms with E-state index in [1.165, 1.54) is 0 Å². The Labute approximate surface area is 481 Å². The fraction of sp³-hybridized carbons (Fsp3) is 0.385. The Bertz CT molecular complexity index is 2570. The minimum absolute atomic E-state index is 0. The smallest absolute Gasteiger partial charge is 1.00 e. The van der Waals surface area contributed by atoms with Crippen LogP contribution in [0, 0.1) is 0 Å². The van der Waals surface area contributed by atoms with Gasteiger partial charge in [-0.15, -0.1) is 0 Å². The van der Waals surface area contributed by atoms with Crippen molar-refractivity contribution in [3.05, 3.63) is 154 Å². The van der Waals surface area contributed by atoms with Crippen LogP contribution in [0.3, 0.4) is 0 Å². The van der Waals surface area contributed by atoms with Crippen LogP contribution in [-0.4, -0.2) is 132 Å². The fourth-order valence-corrected chi connectivity index (χ4v) is 10.3. The molecule has 402 valence electrons.